The summed E-state index contributed by atoms with van der Waals surface area (Å²) in [6, 6.07) is 9.48. The summed E-state index contributed by atoms with van der Waals surface area (Å²) in [6.07, 6.45) is 0.765. The van der Waals surface area contributed by atoms with Gasteiger partial charge in [0, 0.05) is 18.7 Å². The van der Waals surface area contributed by atoms with E-state index < -0.39 is 23.0 Å². The van der Waals surface area contributed by atoms with E-state index in [0.717, 1.165) is 12.1 Å². The molecule has 0 bridgehead atoms. The highest BCUT2D eigenvalue weighted by molar-refractivity contribution is 5.97. The molecule has 1 aliphatic rings. The Morgan fingerprint density at radius 3 is 2.48 bits per heavy atom. The first-order chi connectivity index (χ1) is 11.9. The van der Waals surface area contributed by atoms with E-state index in [1.807, 2.05) is 4.90 Å². The van der Waals surface area contributed by atoms with Gasteiger partial charge < -0.3 is 10.2 Å². The van der Waals surface area contributed by atoms with E-state index in [2.05, 4.69) is 0 Å². The number of aliphatic hydroxyl groups is 1. The van der Waals surface area contributed by atoms with Crippen LogP contribution in [0.3, 0.4) is 0 Å². The zero-order chi connectivity index (χ0) is 18.0. The first-order valence-electron chi connectivity index (χ1n) is 8.10. The number of likely N-dealkylation sites (tertiary alicyclic amines) is 1. The smallest absolute Gasteiger partial charge is 0.176 e. The van der Waals surface area contributed by atoms with E-state index in [-0.39, 0.29) is 17.9 Å². The van der Waals surface area contributed by atoms with Crippen molar-refractivity contribution in [1.82, 2.24) is 4.90 Å². The quantitative estimate of drug-likeness (QED) is 0.835. The van der Waals surface area contributed by atoms with Gasteiger partial charge in [-0.25, -0.2) is 8.78 Å². The van der Waals surface area contributed by atoms with Crippen molar-refractivity contribution in [3.05, 3.63) is 65.2 Å². The first-order valence-corrected chi connectivity index (χ1v) is 8.10. The lowest BCUT2D eigenvalue weighted by atomic mass is 9.84. The summed E-state index contributed by atoms with van der Waals surface area (Å²) in [4.78, 5) is 14.1. The van der Waals surface area contributed by atoms with Crippen molar-refractivity contribution in [2.45, 2.75) is 18.4 Å². The number of phenolic OH excluding ortho intramolecular Hbond substituents is 1. The molecule has 0 radical (unpaired) electrons. The van der Waals surface area contributed by atoms with Crippen LogP contribution in [0.4, 0.5) is 8.78 Å². The molecule has 4 nitrogen and oxygen atoms in total. The molecule has 3 rings (SSSR count). The average Bonchev–Trinajstić information content (AvgIpc) is 2.59. The highest BCUT2D eigenvalue weighted by Gasteiger charge is 2.34. The van der Waals surface area contributed by atoms with Crippen LogP contribution < -0.4 is 0 Å². The van der Waals surface area contributed by atoms with Crippen molar-refractivity contribution in [1.29, 1.82) is 0 Å². The van der Waals surface area contributed by atoms with Crippen LogP contribution in [-0.2, 0) is 5.60 Å². The second-order valence-corrected chi connectivity index (χ2v) is 6.41. The predicted octanol–water partition coefficient (Wildman–Crippen LogP) is 2.84. The fourth-order valence-electron chi connectivity index (χ4n) is 3.12. The van der Waals surface area contributed by atoms with Gasteiger partial charge in [0.05, 0.1) is 12.1 Å². The second kappa shape index (κ2) is 6.90. The number of halogens is 2. The van der Waals surface area contributed by atoms with E-state index >= 15 is 0 Å². The molecule has 1 fully saturated rings. The number of Topliss-reactive ketones (excluding diaryl/α,β-unsaturated/α-hetero) is 1. The van der Waals surface area contributed by atoms with Crippen molar-refractivity contribution >= 4 is 5.78 Å². The van der Waals surface area contributed by atoms with E-state index in [4.69, 9.17) is 0 Å². The molecule has 1 heterocycles. The number of nitrogens with zero attached hydrogens (tertiary/aromatic N) is 1. The number of carbonyl (C=O) groups excluding carboxylic acids is 1. The Balaban J connectivity index is 1.62. The number of hydrogen-bond acceptors (Lipinski definition) is 4. The van der Waals surface area contributed by atoms with E-state index in [9.17, 15) is 23.8 Å². The Labute approximate surface area is 144 Å². The molecule has 0 amide bonds. The van der Waals surface area contributed by atoms with Gasteiger partial charge in [0.25, 0.3) is 0 Å². The fraction of sp³-hybridized carbons (Fsp3) is 0.316. The van der Waals surface area contributed by atoms with Crippen molar-refractivity contribution in [2.75, 3.05) is 19.6 Å². The number of hydrogen-bond donors (Lipinski definition) is 2. The number of phenols is 1. The molecule has 0 spiro atoms. The number of piperidine rings is 1. The lowest BCUT2D eigenvalue weighted by Gasteiger charge is -2.38. The van der Waals surface area contributed by atoms with Crippen LogP contribution in [0.5, 0.6) is 5.75 Å². The number of carbonyl (C=O) groups is 1. The Morgan fingerprint density at radius 1 is 1.12 bits per heavy atom. The Bertz CT molecular complexity index is 786. The molecule has 2 aromatic carbocycles. The lowest BCUT2D eigenvalue weighted by molar-refractivity contribution is -0.0247. The topological polar surface area (TPSA) is 60.8 Å². The van der Waals surface area contributed by atoms with Gasteiger partial charge in [0.2, 0.25) is 0 Å². The van der Waals surface area contributed by atoms with Crippen molar-refractivity contribution in [3.63, 3.8) is 0 Å². The standard InChI is InChI=1S/C19H19F2NO3/c20-15-3-1-2-14(11-15)19(25)6-8-22(9-7-19)12-18(24)13-4-5-17(23)16(21)10-13/h1-5,10-11,23,25H,6-9,12H2. The minimum Gasteiger partial charge on any atom is -0.505 e. The van der Waals surface area contributed by atoms with Crippen molar-refractivity contribution in [3.8, 4) is 5.75 Å². The number of ketones is 1. The molecular weight excluding hydrogens is 328 g/mol. The second-order valence-electron chi connectivity index (χ2n) is 6.41. The maximum absolute atomic E-state index is 13.4. The SMILES string of the molecule is O=C(CN1CCC(O)(c2cccc(F)c2)CC1)c1ccc(O)c(F)c1. The average molecular weight is 347 g/mol. The third-order valence-electron chi connectivity index (χ3n) is 4.68. The summed E-state index contributed by atoms with van der Waals surface area (Å²) in [7, 11) is 0. The van der Waals surface area contributed by atoms with E-state index in [0.29, 0.717) is 31.5 Å². The van der Waals surface area contributed by atoms with Crippen LogP contribution in [-0.4, -0.2) is 40.5 Å². The number of benzene rings is 2. The largest absolute Gasteiger partial charge is 0.505 e. The third kappa shape index (κ3) is 3.86. The van der Waals surface area contributed by atoms with Gasteiger partial charge in [0.1, 0.15) is 5.82 Å². The molecule has 2 aromatic rings. The maximum atomic E-state index is 13.4. The molecular formula is C19H19F2NO3. The summed E-state index contributed by atoms with van der Waals surface area (Å²) >= 11 is 0. The summed E-state index contributed by atoms with van der Waals surface area (Å²) in [5.74, 6) is -1.97. The lowest BCUT2D eigenvalue weighted by Crippen LogP contribution is -2.44. The van der Waals surface area contributed by atoms with Gasteiger partial charge in [-0.3, -0.25) is 9.69 Å². The van der Waals surface area contributed by atoms with Crippen LogP contribution in [0, 0.1) is 11.6 Å². The molecule has 2 N–H and O–H groups in total. The number of rotatable bonds is 4. The third-order valence-corrected chi connectivity index (χ3v) is 4.68. The molecule has 0 saturated carbocycles. The minimum absolute atomic E-state index is 0.101. The van der Waals surface area contributed by atoms with Gasteiger partial charge in [-0.1, -0.05) is 12.1 Å². The molecule has 6 heteroatoms. The van der Waals surface area contributed by atoms with Crippen LogP contribution in [0.15, 0.2) is 42.5 Å². The predicted molar refractivity (Wildman–Crippen MR) is 88.4 cm³/mol. The van der Waals surface area contributed by atoms with E-state index in [1.54, 1.807) is 12.1 Å². The zero-order valence-electron chi connectivity index (χ0n) is 13.6. The van der Waals surface area contributed by atoms with Gasteiger partial charge in [-0.05, 0) is 48.7 Å². The Hall–Kier alpha value is -2.31. The van der Waals surface area contributed by atoms with Crippen LogP contribution in [0.25, 0.3) is 0 Å². The van der Waals surface area contributed by atoms with Gasteiger partial charge in [-0.15, -0.1) is 0 Å². The highest BCUT2D eigenvalue weighted by atomic mass is 19.1. The molecule has 1 aliphatic heterocycles. The number of aromatic hydroxyl groups is 1. The van der Waals surface area contributed by atoms with E-state index in [1.165, 1.54) is 18.2 Å². The Kier molecular flexibility index (Phi) is 4.83. The highest BCUT2D eigenvalue weighted by Crippen LogP contribution is 2.33. The van der Waals surface area contributed by atoms with Gasteiger partial charge >= 0.3 is 0 Å². The van der Waals surface area contributed by atoms with Gasteiger partial charge in [-0.2, -0.15) is 0 Å². The molecule has 1 saturated heterocycles. The van der Waals surface area contributed by atoms with Gasteiger partial charge in [0.15, 0.2) is 17.3 Å². The fourth-order valence-corrected chi connectivity index (χ4v) is 3.12. The summed E-state index contributed by atoms with van der Waals surface area (Å²) in [5, 5.41) is 19.9. The minimum atomic E-state index is -1.10. The zero-order valence-corrected chi connectivity index (χ0v) is 13.6. The molecule has 0 unspecified atom stereocenters. The molecule has 0 aliphatic carbocycles. The van der Waals surface area contributed by atoms with Crippen molar-refractivity contribution < 1.29 is 23.8 Å². The normalized spacial score (nSPS) is 17.4. The summed E-state index contributed by atoms with van der Waals surface area (Å²) in [5.41, 5.74) is -0.368. The summed E-state index contributed by atoms with van der Waals surface area (Å²) < 4.78 is 26.7. The molecule has 25 heavy (non-hydrogen) atoms. The summed E-state index contributed by atoms with van der Waals surface area (Å²) in [6.45, 7) is 1.04. The molecule has 0 atom stereocenters. The maximum Gasteiger partial charge on any atom is 0.176 e. The Morgan fingerprint density at radius 2 is 1.84 bits per heavy atom. The monoisotopic (exact) mass is 347 g/mol. The first kappa shape index (κ1) is 17.5. The molecule has 132 valence electrons. The molecule has 0 aromatic heterocycles. The van der Waals surface area contributed by atoms with Crippen LogP contribution in [0.2, 0.25) is 0 Å². The van der Waals surface area contributed by atoms with Crippen molar-refractivity contribution in [2.24, 2.45) is 0 Å². The van der Waals surface area contributed by atoms with Crippen LogP contribution >= 0.6 is 0 Å². The van der Waals surface area contributed by atoms with Crippen LogP contribution in [0.1, 0.15) is 28.8 Å².